The molecule has 0 aliphatic carbocycles. The van der Waals surface area contributed by atoms with Gasteiger partial charge in [0.1, 0.15) is 5.82 Å². The van der Waals surface area contributed by atoms with Gasteiger partial charge in [-0.1, -0.05) is 0 Å². The van der Waals surface area contributed by atoms with Gasteiger partial charge in [-0.05, 0) is 40.8 Å². The van der Waals surface area contributed by atoms with Crippen LogP contribution in [-0.4, -0.2) is 35.1 Å². The van der Waals surface area contributed by atoms with Crippen molar-refractivity contribution >= 4 is 28.5 Å². The molecule has 0 aromatic heterocycles. The summed E-state index contributed by atoms with van der Waals surface area (Å²) in [6.07, 6.45) is -0.428. The highest BCUT2D eigenvalue weighted by Gasteiger charge is 2.29. The monoisotopic (exact) mass is 321 g/mol. The largest absolute Gasteiger partial charge is 0.389 e. The van der Waals surface area contributed by atoms with E-state index in [1.54, 1.807) is 12.1 Å². The number of nitrogens with zero attached hydrogens (tertiary/aromatic N) is 1. The fourth-order valence-electron chi connectivity index (χ4n) is 1.43. The molecule has 3 nitrogen and oxygen atoms in total. The lowest BCUT2D eigenvalue weighted by molar-refractivity contribution is 0.00587. The van der Waals surface area contributed by atoms with Crippen molar-refractivity contribution in [1.29, 1.82) is 0 Å². The number of hydrogen-bond donors (Lipinski definition) is 1. The molecule has 0 radical (unpaired) electrons. The van der Waals surface area contributed by atoms with Crippen molar-refractivity contribution in [2.45, 2.75) is 6.10 Å². The van der Waals surface area contributed by atoms with E-state index in [-0.39, 0.29) is 11.7 Å². The van der Waals surface area contributed by atoms with Gasteiger partial charge in [-0.2, -0.15) is 0 Å². The third kappa shape index (κ3) is 2.12. The topological polar surface area (TPSA) is 40.5 Å². The lowest BCUT2D eigenvalue weighted by Crippen LogP contribution is -2.53. The Morgan fingerprint density at radius 2 is 2.20 bits per heavy atom. The van der Waals surface area contributed by atoms with Gasteiger partial charge in [-0.3, -0.25) is 4.79 Å². The van der Waals surface area contributed by atoms with Crippen molar-refractivity contribution in [2.24, 2.45) is 0 Å². The second-order valence-electron chi connectivity index (χ2n) is 3.49. The summed E-state index contributed by atoms with van der Waals surface area (Å²) in [7, 11) is 0. The first kappa shape index (κ1) is 10.8. The zero-order valence-electron chi connectivity index (χ0n) is 7.78. The van der Waals surface area contributed by atoms with Crippen molar-refractivity contribution < 1.29 is 14.3 Å². The number of β-amino-alcohol motifs (C(OH)–C–C–N with tert-alkyl or cyclic N) is 1. The number of rotatable bonds is 1. The van der Waals surface area contributed by atoms with Crippen molar-refractivity contribution in [1.82, 2.24) is 4.90 Å². The standard InChI is InChI=1S/C10H9FINO2/c11-8-3-6(1-2-9(8)12)10(15)13-4-7(14)5-13/h1-3,7,14H,4-5H2. The molecule has 2 rings (SSSR count). The Bertz CT molecular complexity index is 404. The maximum absolute atomic E-state index is 13.2. The van der Waals surface area contributed by atoms with Crippen LogP contribution in [0.25, 0.3) is 0 Å². The van der Waals surface area contributed by atoms with Gasteiger partial charge >= 0.3 is 0 Å². The van der Waals surface area contributed by atoms with E-state index in [0.717, 1.165) is 0 Å². The van der Waals surface area contributed by atoms with E-state index in [4.69, 9.17) is 5.11 Å². The maximum Gasteiger partial charge on any atom is 0.254 e. The van der Waals surface area contributed by atoms with Gasteiger partial charge in [0.15, 0.2) is 0 Å². The zero-order chi connectivity index (χ0) is 11.0. The molecule has 1 aliphatic heterocycles. The lowest BCUT2D eigenvalue weighted by Gasteiger charge is -2.35. The summed E-state index contributed by atoms with van der Waals surface area (Å²) in [6, 6.07) is 4.39. The molecule has 1 saturated heterocycles. The summed E-state index contributed by atoms with van der Waals surface area (Å²) < 4.78 is 13.7. The number of hydrogen-bond acceptors (Lipinski definition) is 2. The molecule has 1 aromatic rings. The number of likely N-dealkylation sites (tertiary alicyclic amines) is 1. The average Bonchev–Trinajstić information content (AvgIpc) is 2.16. The normalized spacial score (nSPS) is 16.3. The van der Waals surface area contributed by atoms with Crippen LogP contribution in [0.15, 0.2) is 18.2 Å². The van der Waals surface area contributed by atoms with Crippen molar-refractivity contribution in [3.63, 3.8) is 0 Å². The SMILES string of the molecule is O=C(c1ccc(I)c(F)c1)N1CC(O)C1. The third-order valence-corrected chi connectivity index (χ3v) is 3.19. The minimum Gasteiger partial charge on any atom is -0.389 e. The summed E-state index contributed by atoms with van der Waals surface area (Å²) in [5.41, 5.74) is 0.333. The molecule has 1 amide bonds. The van der Waals surface area contributed by atoms with Gasteiger partial charge in [0.25, 0.3) is 5.91 Å². The third-order valence-electron chi connectivity index (χ3n) is 2.32. The molecule has 80 valence electrons. The summed E-state index contributed by atoms with van der Waals surface area (Å²) in [4.78, 5) is 13.2. The first-order valence-electron chi connectivity index (χ1n) is 4.50. The quantitative estimate of drug-likeness (QED) is 0.791. The minimum atomic E-state index is -0.428. The van der Waals surface area contributed by atoms with E-state index >= 15 is 0 Å². The van der Waals surface area contributed by atoms with Gasteiger partial charge in [-0.25, -0.2) is 4.39 Å². The summed E-state index contributed by atoms with van der Waals surface area (Å²) in [5, 5.41) is 9.04. The molecular formula is C10H9FINO2. The van der Waals surface area contributed by atoms with Crippen LogP contribution in [0.3, 0.4) is 0 Å². The Morgan fingerprint density at radius 3 is 2.73 bits per heavy atom. The second kappa shape index (κ2) is 4.05. The van der Waals surface area contributed by atoms with E-state index in [0.29, 0.717) is 22.2 Å². The van der Waals surface area contributed by atoms with Gasteiger partial charge in [0.05, 0.1) is 6.10 Å². The number of halogens is 2. The second-order valence-corrected chi connectivity index (χ2v) is 4.66. The molecule has 1 aliphatic rings. The number of amides is 1. The average molecular weight is 321 g/mol. The number of aliphatic hydroxyl groups is 1. The van der Waals surface area contributed by atoms with Crippen LogP contribution in [0.5, 0.6) is 0 Å². The molecule has 1 aromatic carbocycles. The Hall–Kier alpha value is -0.690. The predicted molar refractivity (Wildman–Crippen MR) is 61.0 cm³/mol. The van der Waals surface area contributed by atoms with Crippen LogP contribution in [0.4, 0.5) is 4.39 Å². The zero-order valence-corrected chi connectivity index (χ0v) is 9.94. The molecule has 0 bridgehead atoms. The Morgan fingerprint density at radius 1 is 1.53 bits per heavy atom. The maximum atomic E-state index is 13.2. The van der Waals surface area contributed by atoms with Crippen molar-refractivity contribution in [3.8, 4) is 0 Å². The van der Waals surface area contributed by atoms with Gasteiger partial charge < -0.3 is 10.0 Å². The van der Waals surface area contributed by atoms with Gasteiger partial charge in [-0.15, -0.1) is 0 Å². The van der Waals surface area contributed by atoms with Crippen LogP contribution in [0.1, 0.15) is 10.4 Å². The molecule has 1 heterocycles. The van der Waals surface area contributed by atoms with E-state index in [1.165, 1.54) is 11.0 Å². The van der Waals surface area contributed by atoms with E-state index < -0.39 is 6.10 Å². The molecule has 0 spiro atoms. The Balaban J connectivity index is 2.16. The number of aliphatic hydroxyl groups excluding tert-OH is 1. The first-order valence-corrected chi connectivity index (χ1v) is 5.58. The fraction of sp³-hybridized carbons (Fsp3) is 0.300. The van der Waals surface area contributed by atoms with Crippen LogP contribution in [-0.2, 0) is 0 Å². The van der Waals surface area contributed by atoms with Crippen molar-refractivity contribution in [3.05, 3.63) is 33.1 Å². The highest BCUT2D eigenvalue weighted by molar-refractivity contribution is 14.1. The number of carbonyl (C=O) groups is 1. The molecular weight excluding hydrogens is 312 g/mol. The van der Waals surface area contributed by atoms with Crippen LogP contribution in [0.2, 0.25) is 0 Å². The van der Waals surface area contributed by atoms with Crippen LogP contribution < -0.4 is 0 Å². The molecule has 1 fully saturated rings. The molecule has 1 N–H and O–H groups in total. The summed E-state index contributed by atoms with van der Waals surface area (Å²) >= 11 is 1.87. The summed E-state index contributed by atoms with van der Waals surface area (Å²) in [6.45, 7) is 0.679. The first-order chi connectivity index (χ1) is 7.08. The highest BCUT2D eigenvalue weighted by atomic mass is 127. The van der Waals surface area contributed by atoms with Crippen LogP contribution >= 0.6 is 22.6 Å². The minimum absolute atomic E-state index is 0.226. The number of benzene rings is 1. The Labute approximate surface area is 100 Å². The van der Waals surface area contributed by atoms with E-state index in [1.807, 2.05) is 22.6 Å². The molecule has 0 atom stereocenters. The van der Waals surface area contributed by atoms with Crippen LogP contribution in [0, 0.1) is 9.39 Å². The molecule has 5 heteroatoms. The summed E-state index contributed by atoms with van der Waals surface area (Å²) in [5.74, 6) is -0.613. The van der Waals surface area contributed by atoms with E-state index in [9.17, 15) is 9.18 Å². The van der Waals surface area contributed by atoms with Crippen molar-refractivity contribution in [2.75, 3.05) is 13.1 Å². The Kier molecular flexibility index (Phi) is 2.92. The molecule has 0 saturated carbocycles. The van der Waals surface area contributed by atoms with Gasteiger partial charge in [0, 0.05) is 22.2 Å². The molecule has 0 unspecified atom stereocenters. The number of carbonyl (C=O) groups excluding carboxylic acids is 1. The lowest BCUT2D eigenvalue weighted by atomic mass is 10.1. The predicted octanol–water partition coefficient (Wildman–Crippen LogP) is 1.25. The molecule has 15 heavy (non-hydrogen) atoms. The highest BCUT2D eigenvalue weighted by Crippen LogP contribution is 2.17. The fourth-order valence-corrected chi connectivity index (χ4v) is 1.77. The van der Waals surface area contributed by atoms with Gasteiger partial charge in [0.2, 0.25) is 0 Å². The smallest absolute Gasteiger partial charge is 0.254 e. The van der Waals surface area contributed by atoms with E-state index in [2.05, 4.69) is 0 Å².